The smallest absolute Gasteiger partial charge is 0.261 e. The van der Waals surface area contributed by atoms with Crippen LogP contribution < -0.4 is 4.90 Å². The summed E-state index contributed by atoms with van der Waals surface area (Å²) in [5, 5.41) is 4.38. The van der Waals surface area contributed by atoms with E-state index >= 15 is 0 Å². The van der Waals surface area contributed by atoms with Gasteiger partial charge in [-0.15, -0.1) is 0 Å². The number of imide groups is 1. The SMILES string of the molecule is Cc1cc2c(N(C)CCN3C(=O)c4ccccc4C3=O)nccn2n1. The minimum absolute atomic E-state index is 0.236. The van der Waals surface area contributed by atoms with Crippen LogP contribution in [0.15, 0.2) is 42.7 Å². The Balaban J connectivity index is 1.54. The van der Waals surface area contributed by atoms with E-state index in [1.54, 1.807) is 41.2 Å². The maximum absolute atomic E-state index is 12.4. The highest BCUT2D eigenvalue weighted by atomic mass is 16.2. The van der Waals surface area contributed by atoms with Gasteiger partial charge in [0, 0.05) is 32.5 Å². The molecule has 0 atom stereocenters. The average Bonchev–Trinajstić information content (AvgIpc) is 3.11. The van der Waals surface area contributed by atoms with Crippen molar-refractivity contribution >= 4 is 23.1 Å². The molecule has 7 nitrogen and oxygen atoms in total. The van der Waals surface area contributed by atoms with Crippen molar-refractivity contribution in [1.29, 1.82) is 0 Å². The van der Waals surface area contributed by atoms with E-state index in [-0.39, 0.29) is 11.8 Å². The lowest BCUT2D eigenvalue weighted by Gasteiger charge is -2.22. The number of anilines is 1. The van der Waals surface area contributed by atoms with Crippen LogP contribution >= 0.6 is 0 Å². The first-order valence-electron chi connectivity index (χ1n) is 8.03. The zero-order valence-corrected chi connectivity index (χ0v) is 14.0. The lowest BCUT2D eigenvalue weighted by atomic mass is 10.1. The van der Waals surface area contributed by atoms with Crippen LogP contribution in [-0.2, 0) is 0 Å². The van der Waals surface area contributed by atoms with Crippen LogP contribution in [0.1, 0.15) is 26.4 Å². The largest absolute Gasteiger partial charge is 0.356 e. The van der Waals surface area contributed by atoms with Gasteiger partial charge < -0.3 is 4.90 Å². The molecule has 0 radical (unpaired) electrons. The van der Waals surface area contributed by atoms with Gasteiger partial charge in [-0.05, 0) is 25.1 Å². The van der Waals surface area contributed by atoms with Crippen LogP contribution in [0.5, 0.6) is 0 Å². The Morgan fingerprint density at radius 1 is 1.12 bits per heavy atom. The summed E-state index contributed by atoms with van der Waals surface area (Å²) in [6.07, 6.45) is 3.48. The number of aromatic nitrogens is 3. The number of hydrogen-bond acceptors (Lipinski definition) is 5. The Bertz CT molecular complexity index is 959. The van der Waals surface area contributed by atoms with E-state index in [4.69, 9.17) is 0 Å². The summed E-state index contributed by atoms with van der Waals surface area (Å²) < 4.78 is 1.77. The van der Waals surface area contributed by atoms with Crippen molar-refractivity contribution in [3.63, 3.8) is 0 Å². The quantitative estimate of drug-likeness (QED) is 0.680. The maximum Gasteiger partial charge on any atom is 0.261 e. The number of carbonyl (C=O) groups excluding carboxylic acids is 2. The molecule has 3 heterocycles. The Labute approximate surface area is 144 Å². The standard InChI is InChI=1S/C18H17N5O2/c1-12-11-15-16(19-7-8-23(15)20-12)21(2)9-10-22-17(24)13-5-3-4-6-14(13)18(22)25/h3-8,11H,9-10H2,1-2H3. The third-order valence-electron chi connectivity index (χ3n) is 4.39. The van der Waals surface area contributed by atoms with E-state index in [0.717, 1.165) is 17.0 Å². The number of likely N-dealkylation sites (N-methyl/N-ethyl adjacent to an activating group) is 1. The number of aryl methyl sites for hydroxylation is 1. The molecule has 7 heteroatoms. The third kappa shape index (κ3) is 2.44. The van der Waals surface area contributed by atoms with Crippen LogP contribution in [-0.4, -0.2) is 51.4 Å². The number of benzene rings is 1. The van der Waals surface area contributed by atoms with Crippen molar-refractivity contribution in [2.75, 3.05) is 25.0 Å². The number of carbonyl (C=O) groups is 2. The summed E-state index contributed by atoms with van der Waals surface area (Å²) in [6.45, 7) is 2.72. The summed E-state index contributed by atoms with van der Waals surface area (Å²) in [4.78, 5) is 32.5. The van der Waals surface area contributed by atoms with Gasteiger partial charge in [-0.1, -0.05) is 12.1 Å². The molecule has 126 valence electrons. The van der Waals surface area contributed by atoms with Crippen LogP contribution in [0.4, 0.5) is 5.82 Å². The molecule has 0 fully saturated rings. The van der Waals surface area contributed by atoms with Gasteiger partial charge in [0.25, 0.3) is 11.8 Å². The predicted molar refractivity (Wildman–Crippen MR) is 92.8 cm³/mol. The topological polar surface area (TPSA) is 70.8 Å². The van der Waals surface area contributed by atoms with Gasteiger partial charge in [-0.2, -0.15) is 5.10 Å². The Kier molecular flexibility index (Phi) is 3.49. The maximum atomic E-state index is 12.4. The molecule has 1 aliphatic rings. The molecule has 0 saturated carbocycles. The van der Waals surface area contributed by atoms with Crippen molar-refractivity contribution in [2.24, 2.45) is 0 Å². The highest BCUT2D eigenvalue weighted by molar-refractivity contribution is 6.21. The zero-order valence-electron chi connectivity index (χ0n) is 14.0. The monoisotopic (exact) mass is 335 g/mol. The Hall–Kier alpha value is -3.22. The number of nitrogens with zero attached hydrogens (tertiary/aromatic N) is 5. The second-order valence-corrected chi connectivity index (χ2v) is 6.10. The molecule has 2 aromatic heterocycles. The normalized spacial score (nSPS) is 13.6. The minimum Gasteiger partial charge on any atom is -0.356 e. The lowest BCUT2D eigenvalue weighted by Crippen LogP contribution is -2.37. The predicted octanol–water partition coefficient (Wildman–Crippen LogP) is 1.77. The van der Waals surface area contributed by atoms with E-state index < -0.39 is 0 Å². The van der Waals surface area contributed by atoms with Gasteiger partial charge in [-0.25, -0.2) is 9.50 Å². The van der Waals surface area contributed by atoms with Crippen molar-refractivity contribution in [2.45, 2.75) is 6.92 Å². The molecule has 0 N–H and O–H groups in total. The molecule has 0 spiro atoms. The summed E-state index contributed by atoms with van der Waals surface area (Å²) in [7, 11) is 1.89. The number of hydrogen-bond donors (Lipinski definition) is 0. The van der Waals surface area contributed by atoms with E-state index in [9.17, 15) is 9.59 Å². The Morgan fingerprint density at radius 3 is 2.48 bits per heavy atom. The zero-order chi connectivity index (χ0) is 17.6. The molecule has 1 aromatic carbocycles. The Morgan fingerprint density at radius 2 is 1.80 bits per heavy atom. The molecule has 0 aliphatic carbocycles. The summed E-state index contributed by atoms with van der Waals surface area (Å²) in [5.41, 5.74) is 2.75. The fraction of sp³-hybridized carbons (Fsp3) is 0.222. The molecular formula is C18H17N5O2. The fourth-order valence-corrected chi connectivity index (χ4v) is 3.12. The van der Waals surface area contributed by atoms with Gasteiger partial charge in [0.05, 0.1) is 16.8 Å². The van der Waals surface area contributed by atoms with Crippen molar-refractivity contribution < 1.29 is 9.59 Å². The third-order valence-corrected chi connectivity index (χ3v) is 4.39. The highest BCUT2D eigenvalue weighted by Crippen LogP contribution is 2.23. The second-order valence-electron chi connectivity index (χ2n) is 6.10. The van der Waals surface area contributed by atoms with Gasteiger partial charge >= 0.3 is 0 Å². The fourth-order valence-electron chi connectivity index (χ4n) is 3.12. The van der Waals surface area contributed by atoms with Crippen LogP contribution in [0.3, 0.4) is 0 Å². The number of fused-ring (bicyclic) bond motifs is 2. The molecule has 2 amide bonds. The van der Waals surface area contributed by atoms with E-state index in [1.165, 1.54) is 4.90 Å². The van der Waals surface area contributed by atoms with Gasteiger partial charge in [-0.3, -0.25) is 14.5 Å². The van der Waals surface area contributed by atoms with Crippen LogP contribution in [0.2, 0.25) is 0 Å². The van der Waals surface area contributed by atoms with E-state index in [1.807, 2.05) is 24.9 Å². The first-order valence-corrected chi connectivity index (χ1v) is 8.03. The van der Waals surface area contributed by atoms with Crippen LogP contribution in [0.25, 0.3) is 5.52 Å². The second kappa shape index (κ2) is 5.70. The van der Waals surface area contributed by atoms with E-state index in [0.29, 0.717) is 24.2 Å². The summed E-state index contributed by atoms with van der Waals surface area (Å²) in [5.74, 6) is 0.292. The first-order chi connectivity index (χ1) is 12.1. The molecule has 0 saturated heterocycles. The average molecular weight is 335 g/mol. The lowest BCUT2D eigenvalue weighted by molar-refractivity contribution is 0.0658. The van der Waals surface area contributed by atoms with Crippen molar-refractivity contribution in [3.8, 4) is 0 Å². The van der Waals surface area contributed by atoms with E-state index in [2.05, 4.69) is 10.1 Å². The molecule has 3 aromatic rings. The molecule has 1 aliphatic heterocycles. The number of rotatable bonds is 4. The van der Waals surface area contributed by atoms with Gasteiger partial charge in [0.1, 0.15) is 5.52 Å². The summed E-state index contributed by atoms with van der Waals surface area (Å²) >= 11 is 0. The molecule has 4 rings (SSSR count). The highest BCUT2D eigenvalue weighted by Gasteiger charge is 2.34. The minimum atomic E-state index is -0.236. The van der Waals surface area contributed by atoms with Gasteiger partial charge in [0.15, 0.2) is 5.82 Å². The molecule has 25 heavy (non-hydrogen) atoms. The summed E-state index contributed by atoms with van der Waals surface area (Å²) in [6, 6.07) is 8.88. The molecule has 0 bridgehead atoms. The first kappa shape index (κ1) is 15.3. The van der Waals surface area contributed by atoms with Gasteiger partial charge in [0.2, 0.25) is 0 Å². The molecular weight excluding hydrogens is 318 g/mol. The number of amides is 2. The van der Waals surface area contributed by atoms with Crippen molar-refractivity contribution in [1.82, 2.24) is 19.5 Å². The molecule has 0 unspecified atom stereocenters. The van der Waals surface area contributed by atoms with Crippen LogP contribution in [0, 0.1) is 6.92 Å². The van der Waals surface area contributed by atoms with Crippen molar-refractivity contribution in [3.05, 3.63) is 59.5 Å².